The van der Waals surface area contributed by atoms with Crippen molar-refractivity contribution in [1.82, 2.24) is 4.90 Å². The molecule has 0 radical (unpaired) electrons. The van der Waals surface area contributed by atoms with Crippen LogP contribution < -0.4 is 0 Å². The number of amides is 1. The molecule has 2 atom stereocenters. The smallest absolute Gasteiger partial charge is 0.340 e. The predicted molar refractivity (Wildman–Crippen MR) is 85.2 cm³/mol. The van der Waals surface area contributed by atoms with E-state index >= 15 is 0 Å². The Morgan fingerprint density at radius 2 is 1.75 bits per heavy atom. The highest BCUT2D eigenvalue weighted by Crippen LogP contribution is 2.43. The molecule has 4 nitrogen and oxygen atoms in total. The Morgan fingerprint density at radius 3 is 2.29 bits per heavy atom. The maximum atomic E-state index is 13.3. The van der Waals surface area contributed by atoms with Crippen LogP contribution in [0, 0.1) is 11.8 Å². The molecule has 2 rings (SSSR count). The molecule has 2 fully saturated rings. The normalized spacial score (nSPS) is 30.1. The number of rotatable bonds is 3. The molecule has 8 heteroatoms. The van der Waals surface area contributed by atoms with Crippen LogP contribution in [0.4, 0.5) is 13.2 Å². The van der Waals surface area contributed by atoms with Crippen LogP contribution in [0.25, 0.3) is 0 Å². The van der Waals surface area contributed by atoms with E-state index in [0.29, 0.717) is 25.7 Å². The second kappa shape index (κ2) is 6.84. The van der Waals surface area contributed by atoms with E-state index in [1.165, 1.54) is 4.90 Å². The van der Waals surface area contributed by atoms with Gasteiger partial charge >= 0.3 is 6.18 Å². The second-order valence-electron chi connectivity index (χ2n) is 7.01. The minimum absolute atomic E-state index is 0.00396. The summed E-state index contributed by atoms with van der Waals surface area (Å²) >= 11 is 0. The summed E-state index contributed by atoms with van der Waals surface area (Å²) < 4.78 is 63.6. The van der Waals surface area contributed by atoms with Crippen molar-refractivity contribution >= 4 is 15.7 Å². The van der Waals surface area contributed by atoms with Crippen LogP contribution in [0.15, 0.2) is 0 Å². The maximum absolute atomic E-state index is 13.3. The zero-order valence-electron chi connectivity index (χ0n) is 14.2. The maximum Gasteiger partial charge on any atom is 0.392 e. The second-order valence-corrected chi connectivity index (χ2v) is 9.51. The first-order chi connectivity index (χ1) is 11.1. The average molecular weight is 369 g/mol. The summed E-state index contributed by atoms with van der Waals surface area (Å²) in [6, 6.07) is 0. The monoisotopic (exact) mass is 369 g/mol. The Balaban J connectivity index is 2.23. The number of hydrogen-bond donors (Lipinski definition) is 0. The highest BCUT2D eigenvalue weighted by molar-refractivity contribution is 7.92. The van der Waals surface area contributed by atoms with Gasteiger partial charge in [-0.1, -0.05) is 26.7 Å². The van der Waals surface area contributed by atoms with E-state index in [1.54, 1.807) is 13.8 Å². The Labute approximate surface area is 141 Å². The van der Waals surface area contributed by atoms with Gasteiger partial charge in [0.2, 0.25) is 5.91 Å². The van der Waals surface area contributed by atoms with Crippen molar-refractivity contribution in [2.45, 2.75) is 63.3 Å². The highest BCUT2D eigenvalue weighted by atomic mass is 32.2. The largest absolute Gasteiger partial charge is 0.392 e. The zero-order chi connectivity index (χ0) is 18.2. The third-order valence-electron chi connectivity index (χ3n) is 5.87. The molecule has 0 bridgehead atoms. The number of alkyl halides is 3. The van der Waals surface area contributed by atoms with Gasteiger partial charge in [0.1, 0.15) is 0 Å². The number of carbonyl (C=O) groups excluding carboxylic acids is 1. The zero-order valence-corrected chi connectivity index (χ0v) is 15.0. The summed E-state index contributed by atoms with van der Waals surface area (Å²) in [4.78, 5) is 14.1. The minimum Gasteiger partial charge on any atom is -0.340 e. The Bertz CT molecular complexity index is 570. The lowest BCUT2D eigenvalue weighted by molar-refractivity contribution is -0.201. The minimum atomic E-state index is -4.38. The van der Waals surface area contributed by atoms with Crippen molar-refractivity contribution in [3.05, 3.63) is 0 Å². The Hall–Kier alpha value is -0.790. The number of nitrogens with zero attached hydrogens (tertiary/aromatic N) is 1. The third-order valence-corrected chi connectivity index (χ3v) is 8.62. The number of sulfone groups is 1. The molecule has 0 N–H and O–H groups in total. The summed E-state index contributed by atoms with van der Waals surface area (Å²) in [5.41, 5.74) is 0. The molecule has 0 aromatic carbocycles. The van der Waals surface area contributed by atoms with Crippen molar-refractivity contribution in [1.29, 1.82) is 0 Å². The average Bonchev–Trinajstić information content (AvgIpc) is 2.53. The molecular weight excluding hydrogens is 343 g/mol. The molecule has 0 spiro atoms. The van der Waals surface area contributed by atoms with Crippen molar-refractivity contribution in [3.63, 3.8) is 0 Å². The molecular formula is C16H26F3NO3S. The van der Waals surface area contributed by atoms with Crippen LogP contribution in [0.5, 0.6) is 0 Å². The number of carbonyl (C=O) groups is 1. The molecule has 2 aliphatic rings. The summed E-state index contributed by atoms with van der Waals surface area (Å²) in [5, 5.41) is 0. The first-order valence-electron chi connectivity index (χ1n) is 8.66. The summed E-state index contributed by atoms with van der Waals surface area (Å²) in [7, 11) is -3.34. The van der Waals surface area contributed by atoms with Gasteiger partial charge in [-0.25, -0.2) is 8.42 Å². The number of hydrogen-bond acceptors (Lipinski definition) is 3. The van der Waals surface area contributed by atoms with E-state index < -0.39 is 38.5 Å². The van der Waals surface area contributed by atoms with Crippen LogP contribution >= 0.6 is 0 Å². The lowest BCUT2D eigenvalue weighted by Gasteiger charge is -2.44. The van der Waals surface area contributed by atoms with Crippen LogP contribution in [-0.4, -0.2) is 49.0 Å². The summed E-state index contributed by atoms with van der Waals surface area (Å²) in [6.07, 6.45) is -2.34. The fraction of sp³-hybridized carbons (Fsp3) is 0.938. The topological polar surface area (TPSA) is 54.5 Å². The third kappa shape index (κ3) is 3.44. The molecule has 24 heavy (non-hydrogen) atoms. The van der Waals surface area contributed by atoms with Crippen LogP contribution in [0.2, 0.25) is 0 Å². The Kier molecular flexibility index (Phi) is 5.57. The van der Waals surface area contributed by atoms with Gasteiger partial charge in [0, 0.05) is 19.0 Å². The summed E-state index contributed by atoms with van der Waals surface area (Å²) in [5.74, 6) is -3.34. The van der Waals surface area contributed by atoms with Gasteiger partial charge in [0.25, 0.3) is 0 Å². The molecule has 1 saturated heterocycles. The molecule has 1 heterocycles. The molecule has 140 valence electrons. The summed E-state index contributed by atoms with van der Waals surface area (Å²) in [6.45, 7) is 3.54. The molecule has 1 aliphatic carbocycles. The molecule has 1 amide bonds. The van der Waals surface area contributed by atoms with E-state index in [2.05, 4.69) is 0 Å². The van der Waals surface area contributed by atoms with E-state index in [1.807, 2.05) is 0 Å². The van der Waals surface area contributed by atoms with Gasteiger partial charge < -0.3 is 4.90 Å². The van der Waals surface area contributed by atoms with Crippen LogP contribution in [-0.2, 0) is 14.6 Å². The fourth-order valence-electron chi connectivity index (χ4n) is 4.13. The molecule has 1 saturated carbocycles. The SMILES string of the molecule is CCC1(CC)CN(C(=O)[C@H]2CCCC[C@@H]2C(F)(F)F)CCS1(=O)=O. The van der Waals surface area contributed by atoms with Gasteiger partial charge in [-0.3, -0.25) is 4.79 Å². The van der Waals surface area contributed by atoms with E-state index in [4.69, 9.17) is 0 Å². The van der Waals surface area contributed by atoms with Crippen molar-refractivity contribution < 1.29 is 26.4 Å². The van der Waals surface area contributed by atoms with Gasteiger partial charge in [-0.2, -0.15) is 13.2 Å². The lowest BCUT2D eigenvalue weighted by Crippen LogP contribution is -2.59. The first-order valence-corrected chi connectivity index (χ1v) is 10.3. The Morgan fingerprint density at radius 1 is 1.17 bits per heavy atom. The highest BCUT2D eigenvalue weighted by Gasteiger charge is 2.52. The van der Waals surface area contributed by atoms with Crippen molar-refractivity contribution in [2.75, 3.05) is 18.8 Å². The van der Waals surface area contributed by atoms with E-state index in [0.717, 1.165) is 0 Å². The molecule has 0 unspecified atom stereocenters. The van der Waals surface area contributed by atoms with Crippen LogP contribution in [0.1, 0.15) is 52.4 Å². The lowest BCUT2D eigenvalue weighted by atomic mass is 9.77. The van der Waals surface area contributed by atoms with Crippen molar-refractivity contribution in [3.8, 4) is 0 Å². The van der Waals surface area contributed by atoms with Gasteiger partial charge in [-0.15, -0.1) is 0 Å². The van der Waals surface area contributed by atoms with Gasteiger partial charge in [0.05, 0.1) is 16.4 Å². The fourth-order valence-corrected chi connectivity index (χ4v) is 6.25. The molecule has 1 aliphatic heterocycles. The first kappa shape index (κ1) is 19.5. The van der Waals surface area contributed by atoms with E-state index in [9.17, 15) is 26.4 Å². The van der Waals surface area contributed by atoms with Crippen LogP contribution in [0.3, 0.4) is 0 Å². The van der Waals surface area contributed by atoms with Gasteiger partial charge in [0.15, 0.2) is 9.84 Å². The van der Waals surface area contributed by atoms with E-state index in [-0.39, 0.29) is 31.7 Å². The standard InChI is InChI=1S/C16H26F3NO3S/c1-3-15(4-2)11-20(9-10-24(15,22)23)14(21)12-7-5-6-8-13(12)16(17,18)19/h12-13H,3-11H2,1-2H3/t12-,13-/m0/s1. The number of halogens is 3. The van der Waals surface area contributed by atoms with Crippen molar-refractivity contribution in [2.24, 2.45) is 11.8 Å². The quantitative estimate of drug-likeness (QED) is 0.768. The predicted octanol–water partition coefficient (Wildman–Crippen LogP) is 3.17. The molecule has 0 aromatic heterocycles. The van der Waals surface area contributed by atoms with Gasteiger partial charge in [-0.05, 0) is 25.7 Å². The molecule has 0 aromatic rings.